The van der Waals surface area contributed by atoms with Gasteiger partial charge in [-0.3, -0.25) is 4.79 Å². The first-order valence-electron chi connectivity index (χ1n) is 10.0. The number of hydrogen-bond donors (Lipinski definition) is 3. The molecule has 5 atom stereocenters. The van der Waals surface area contributed by atoms with E-state index in [-0.39, 0.29) is 19.2 Å². The molecule has 152 valence electrons. The highest BCUT2D eigenvalue weighted by Crippen LogP contribution is 2.64. The van der Waals surface area contributed by atoms with E-state index in [9.17, 15) is 20.1 Å². The molecule has 0 aromatic heterocycles. The molecule has 1 heterocycles. The van der Waals surface area contributed by atoms with Crippen molar-refractivity contribution in [3.05, 3.63) is 54.7 Å². The van der Waals surface area contributed by atoms with Crippen LogP contribution in [-0.4, -0.2) is 63.5 Å². The normalized spacial score (nSPS) is 44.5. The minimum absolute atomic E-state index is 0. The Morgan fingerprint density at radius 2 is 2.00 bits per heavy atom. The number of carbonyl (C=O) groups excluding carboxylic acids is 1. The third-order valence-corrected chi connectivity index (χ3v) is 7.96. The maximum Gasteiger partial charge on any atom is 0.220 e. The lowest BCUT2D eigenvalue weighted by atomic mass is 9.47. The van der Waals surface area contributed by atoms with Crippen molar-refractivity contribution >= 4 is 5.78 Å². The number of allylic oxidation sites excluding steroid dienone is 3. The Hall–Kier alpha value is -1.69. The quantitative estimate of drug-likeness (QED) is 0.387. The number of nitrogens with zero attached hydrogens (tertiary/aromatic N) is 1. The van der Waals surface area contributed by atoms with Gasteiger partial charge in [0, 0.05) is 17.9 Å². The van der Waals surface area contributed by atoms with Crippen LogP contribution in [-0.2, 0) is 4.79 Å². The molecule has 1 aliphatic heterocycles. The van der Waals surface area contributed by atoms with Gasteiger partial charge in [0.1, 0.15) is 11.6 Å². The monoisotopic (exact) mass is 385 g/mol. The smallest absolute Gasteiger partial charge is 0.220 e. The Kier molecular flexibility index (Phi) is 4.14. The lowest BCUT2D eigenvalue weighted by Crippen LogP contribution is -2.78. The van der Waals surface area contributed by atoms with Gasteiger partial charge in [0.25, 0.3) is 0 Å². The summed E-state index contributed by atoms with van der Waals surface area (Å²) >= 11 is 0. The summed E-state index contributed by atoms with van der Waals surface area (Å²) < 4.78 is 0.751. The molecule has 3 fully saturated rings. The van der Waals surface area contributed by atoms with Crippen molar-refractivity contribution in [3.63, 3.8) is 0 Å². The van der Waals surface area contributed by atoms with Gasteiger partial charge in [-0.25, -0.2) is 0 Å². The molecule has 0 aromatic rings. The molecule has 4 aliphatic carbocycles. The molecule has 2 saturated carbocycles. The van der Waals surface area contributed by atoms with E-state index in [0.717, 1.165) is 23.1 Å². The first-order valence-corrected chi connectivity index (χ1v) is 10.0. The standard InChI is InChI=1S/C22H27NO4.CH3/c1-13-7-8-22(27)17-11-15-5-6-16(24)19(25)18(15)21(22,20(13)26)9-10-23(17,2)12-14-3-4-14;/h5-6,11,14,17,20,26-27H,1,3-4,7-10,12H2,2H3;1H3/q;-1/p+1/t17-,20?,21+,22-,23?;/m1./s1. The van der Waals surface area contributed by atoms with Crippen LogP contribution in [0.25, 0.3) is 0 Å². The van der Waals surface area contributed by atoms with E-state index in [4.69, 9.17) is 0 Å². The van der Waals surface area contributed by atoms with Crippen molar-refractivity contribution < 1.29 is 24.6 Å². The van der Waals surface area contributed by atoms with Gasteiger partial charge in [0.2, 0.25) is 5.78 Å². The largest absolute Gasteiger partial charge is 0.504 e. The van der Waals surface area contributed by atoms with Crippen molar-refractivity contribution in [2.45, 2.75) is 49.9 Å². The Labute approximate surface area is 167 Å². The predicted molar refractivity (Wildman–Crippen MR) is 107 cm³/mol. The molecule has 3 N–H and O–H groups in total. The lowest BCUT2D eigenvalue weighted by molar-refractivity contribution is -0.945. The topological polar surface area (TPSA) is 77.8 Å². The second kappa shape index (κ2) is 5.91. The summed E-state index contributed by atoms with van der Waals surface area (Å²) in [4.78, 5) is 12.2. The molecule has 5 aliphatic rings. The molecule has 5 rings (SSSR count). The zero-order valence-corrected chi connectivity index (χ0v) is 16.8. The summed E-state index contributed by atoms with van der Waals surface area (Å²) in [5, 5.41) is 34.1. The Balaban J connectivity index is 0.00000192. The van der Waals surface area contributed by atoms with Crippen LogP contribution in [0.3, 0.4) is 0 Å². The predicted octanol–water partition coefficient (Wildman–Crippen LogP) is 2.38. The summed E-state index contributed by atoms with van der Waals surface area (Å²) in [6, 6.07) is -0.168. The number of piperidine rings is 1. The Morgan fingerprint density at radius 1 is 1.29 bits per heavy atom. The fourth-order valence-electron chi connectivity index (χ4n) is 6.40. The van der Waals surface area contributed by atoms with Crippen molar-refractivity contribution in [1.82, 2.24) is 0 Å². The van der Waals surface area contributed by atoms with Gasteiger partial charge in [-0.05, 0) is 49.0 Å². The highest BCUT2D eigenvalue weighted by Gasteiger charge is 2.72. The van der Waals surface area contributed by atoms with Gasteiger partial charge in [-0.1, -0.05) is 12.7 Å². The highest BCUT2D eigenvalue weighted by molar-refractivity contribution is 6.05. The molecular weight excluding hydrogens is 354 g/mol. The van der Waals surface area contributed by atoms with Crippen LogP contribution in [0.1, 0.15) is 32.1 Å². The molecule has 0 aromatic carbocycles. The summed E-state index contributed by atoms with van der Waals surface area (Å²) in [5.41, 5.74) is -0.383. The number of likely N-dealkylation sites (N-methyl/N-ethyl adjacent to an activating group) is 1. The maximum atomic E-state index is 12.2. The highest BCUT2D eigenvalue weighted by atomic mass is 16.3. The number of hydrogen-bond acceptors (Lipinski definition) is 4. The van der Waals surface area contributed by atoms with Crippen LogP contribution < -0.4 is 0 Å². The van der Waals surface area contributed by atoms with Crippen molar-refractivity contribution in [2.75, 3.05) is 20.1 Å². The number of carbonyl (C=O) groups is 1. The first-order chi connectivity index (χ1) is 12.7. The number of aliphatic hydroxyl groups is 3. The molecule has 2 unspecified atom stereocenters. The number of fused-ring (bicyclic) bond motifs is 1. The second-order valence-electron chi connectivity index (χ2n) is 9.52. The second-order valence-corrected chi connectivity index (χ2v) is 9.52. The van der Waals surface area contributed by atoms with E-state index in [1.54, 1.807) is 6.08 Å². The average molecular weight is 386 g/mol. The van der Waals surface area contributed by atoms with E-state index < -0.39 is 22.9 Å². The molecule has 5 nitrogen and oxygen atoms in total. The van der Waals surface area contributed by atoms with Crippen LogP contribution in [0.15, 0.2) is 47.3 Å². The van der Waals surface area contributed by atoms with Crippen LogP contribution in [0.4, 0.5) is 0 Å². The zero-order valence-electron chi connectivity index (χ0n) is 16.8. The fourth-order valence-corrected chi connectivity index (χ4v) is 6.40. The Bertz CT molecular complexity index is 851. The maximum absolute atomic E-state index is 12.2. The number of quaternary nitrogens is 1. The molecule has 0 radical (unpaired) electrons. The summed E-state index contributed by atoms with van der Waals surface area (Å²) in [6.07, 6.45) is 8.29. The molecule has 5 heteroatoms. The van der Waals surface area contributed by atoms with Crippen LogP contribution in [0, 0.1) is 18.8 Å². The molecule has 1 saturated heterocycles. The van der Waals surface area contributed by atoms with Gasteiger partial charge in [0.15, 0.2) is 5.76 Å². The third kappa shape index (κ3) is 2.21. The van der Waals surface area contributed by atoms with Gasteiger partial charge >= 0.3 is 0 Å². The molecule has 2 bridgehead atoms. The first kappa shape index (κ1) is 19.6. The number of likely N-dealkylation sites (tertiary alicyclic amines) is 1. The van der Waals surface area contributed by atoms with Gasteiger partial charge in [-0.15, -0.1) is 0 Å². The molecule has 28 heavy (non-hydrogen) atoms. The van der Waals surface area contributed by atoms with Crippen molar-refractivity contribution in [3.8, 4) is 0 Å². The van der Waals surface area contributed by atoms with E-state index in [2.05, 4.69) is 19.7 Å². The van der Waals surface area contributed by atoms with Gasteiger partial charge in [0.05, 0.1) is 31.7 Å². The fraction of sp³-hybridized carbons (Fsp3) is 0.565. The summed E-state index contributed by atoms with van der Waals surface area (Å²) in [5.74, 6) is -0.0732. The number of ketones is 1. The number of rotatable bonds is 2. The minimum Gasteiger partial charge on any atom is -0.504 e. The molecule has 0 amide bonds. The Morgan fingerprint density at radius 3 is 2.68 bits per heavy atom. The number of aliphatic hydroxyl groups excluding tert-OH is 2. The van der Waals surface area contributed by atoms with E-state index in [1.807, 2.05) is 0 Å². The van der Waals surface area contributed by atoms with Crippen LogP contribution >= 0.6 is 0 Å². The van der Waals surface area contributed by atoms with Crippen molar-refractivity contribution in [1.29, 1.82) is 0 Å². The molecule has 0 spiro atoms. The average Bonchev–Trinajstić information content (AvgIpc) is 3.43. The van der Waals surface area contributed by atoms with E-state index in [0.29, 0.717) is 36.3 Å². The summed E-state index contributed by atoms with van der Waals surface area (Å²) in [6.45, 7) is 5.87. The molecular formula is C23H31NO4. The lowest BCUT2D eigenvalue weighted by Gasteiger charge is -2.66. The van der Waals surface area contributed by atoms with Gasteiger partial charge < -0.3 is 27.2 Å². The third-order valence-electron chi connectivity index (χ3n) is 7.96. The minimum atomic E-state index is -1.20. The van der Waals surface area contributed by atoms with Crippen molar-refractivity contribution in [2.24, 2.45) is 11.3 Å². The van der Waals surface area contributed by atoms with E-state index in [1.165, 1.54) is 18.9 Å². The SMILES string of the molecule is C=C1CC[C@@]2(O)[C@H]3C=C4C=CC(=O)C(O)=C4[C@@]2(CC[N+]3(C)CC2CC2)C1O.[CH3-]. The van der Waals surface area contributed by atoms with E-state index >= 15 is 0 Å². The summed E-state index contributed by atoms with van der Waals surface area (Å²) in [7, 11) is 2.21. The van der Waals surface area contributed by atoms with Crippen LogP contribution in [0.2, 0.25) is 0 Å². The van der Waals surface area contributed by atoms with Gasteiger partial charge in [-0.2, -0.15) is 0 Å². The van der Waals surface area contributed by atoms with Crippen LogP contribution in [0.5, 0.6) is 0 Å². The zero-order chi connectivity index (χ0) is 19.2.